The molecule has 1 aliphatic heterocycles. The Kier molecular flexibility index (Phi) is 8.17. The molecule has 1 aliphatic rings. The van der Waals surface area contributed by atoms with Gasteiger partial charge in [0.15, 0.2) is 0 Å². The Morgan fingerprint density at radius 1 is 0.912 bits per heavy atom. The van der Waals surface area contributed by atoms with Crippen LogP contribution in [0.4, 0.5) is 0 Å². The molecule has 0 atom stereocenters. The quantitative estimate of drug-likeness (QED) is 0.146. The summed E-state index contributed by atoms with van der Waals surface area (Å²) < 4.78 is 12.2. The first-order chi connectivity index (χ1) is 16.6. The topological polar surface area (TPSA) is 38.8 Å². The molecule has 1 amide bonds. The number of amides is 1. The Morgan fingerprint density at radius 3 is 2.38 bits per heavy atom. The highest BCUT2D eigenvalue weighted by molar-refractivity contribution is 8.26. The third-order valence-electron chi connectivity index (χ3n) is 5.18. The molecule has 1 heterocycles. The fraction of sp³-hybridized carbons (Fsp3) is 0.143. The molecular formula is C28H25NO3S2. The molecule has 0 aliphatic carbocycles. The van der Waals surface area contributed by atoms with Crippen LogP contribution in [-0.2, 0) is 17.8 Å². The van der Waals surface area contributed by atoms with Crippen LogP contribution in [0.3, 0.4) is 0 Å². The highest BCUT2D eigenvalue weighted by atomic mass is 32.2. The number of thioether (sulfide) groups is 1. The van der Waals surface area contributed by atoms with Crippen LogP contribution in [0.5, 0.6) is 11.5 Å². The van der Waals surface area contributed by atoms with Crippen LogP contribution in [0.25, 0.3) is 6.08 Å². The molecule has 6 heteroatoms. The van der Waals surface area contributed by atoms with Crippen molar-refractivity contribution in [1.82, 2.24) is 4.90 Å². The number of nitrogens with zero attached hydrogens (tertiary/aromatic N) is 1. The van der Waals surface area contributed by atoms with Gasteiger partial charge in [0.1, 0.15) is 29.0 Å². The predicted molar refractivity (Wildman–Crippen MR) is 143 cm³/mol. The largest absolute Gasteiger partial charge is 0.490 e. The Balaban J connectivity index is 1.30. The second kappa shape index (κ2) is 11.7. The molecule has 0 radical (unpaired) electrons. The van der Waals surface area contributed by atoms with Crippen molar-refractivity contribution in [2.24, 2.45) is 0 Å². The normalized spacial score (nSPS) is 14.5. The van der Waals surface area contributed by atoms with E-state index in [0.717, 1.165) is 34.6 Å². The van der Waals surface area contributed by atoms with E-state index in [1.54, 1.807) is 4.90 Å². The number of hydrogen-bond donors (Lipinski definition) is 0. The number of carbonyl (C=O) groups is 1. The van der Waals surface area contributed by atoms with Crippen molar-refractivity contribution in [2.75, 3.05) is 13.2 Å². The monoisotopic (exact) mass is 487 g/mol. The van der Waals surface area contributed by atoms with Crippen LogP contribution in [-0.4, -0.2) is 28.3 Å². The molecular weight excluding hydrogens is 462 g/mol. The standard InChI is InChI=1S/C28H25NO3S2/c1-2-8-23-11-6-7-12-25(23)32-18-17-31-24-15-13-21(14-16-24)19-26-27(30)29(28(33)34-26)20-22-9-4-3-5-10-22/h2-7,9-16,19H,1,8,17-18,20H2/b26-19-. The zero-order chi connectivity index (χ0) is 23.8. The second-order valence-corrected chi connectivity index (χ2v) is 9.30. The zero-order valence-electron chi connectivity index (χ0n) is 18.7. The van der Waals surface area contributed by atoms with Crippen LogP contribution in [0.2, 0.25) is 0 Å². The molecule has 172 valence electrons. The van der Waals surface area contributed by atoms with E-state index >= 15 is 0 Å². The van der Waals surface area contributed by atoms with E-state index in [2.05, 4.69) is 6.58 Å². The Labute approximate surface area is 209 Å². The smallest absolute Gasteiger partial charge is 0.266 e. The minimum atomic E-state index is -0.0620. The summed E-state index contributed by atoms with van der Waals surface area (Å²) in [5.41, 5.74) is 3.08. The maximum Gasteiger partial charge on any atom is 0.266 e. The molecule has 3 aromatic rings. The molecule has 4 nitrogen and oxygen atoms in total. The van der Waals surface area contributed by atoms with E-state index in [1.165, 1.54) is 11.8 Å². The Hall–Kier alpha value is -3.35. The van der Waals surface area contributed by atoms with Crippen LogP contribution in [0, 0.1) is 0 Å². The molecule has 3 aromatic carbocycles. The maximum atomic E-state index is 12.9. The number of para-hydroxylation sites is 1. The first-order valence-corrected chi connectivity index (χ1v) is 12.2. The average Bonchev–Trinajstić information content (AvgIpc) is 3.12. The number of carbonyl (C=O) groups excluding carboxylic acids is 1. The Morgan fingerprint density at radius 2 is 1.62 bits per heavy atom. The van der Waals surface area contributed by atoms with Crippen molar-refractivity contribution in [3.05, 3.63) is 113 Å². The highest BCUT2D eigenvalue weighted by Gasteiger charge is 2.31. The van der Waals surface area contributed by atoms with E-state index in [1.807, 2.05) is 91.0 Å². The van der Waals surface area contributed by atoms with Crippen LogP contribution in [0.1, 0.15) is 16.7 Å². The molecule has 0 N–H and O–H groups in total. The minimum absolute atomic E-state index is 0.0620. The lowest BCUT2D eigenvalue weighted by atomic mass is 10.1. The third-order valence-corrected chi connectivity index (χ3v) is 6.56. The highest BCUT2D eigenvalue weighted by Crippen LogP contribution is 2.33. The van der Waals surface area contributed by atoms with Gasteiger partial charge in [-0.05, 0) is 47.4 Å². The molecule has 0 unspecified atom stereocenters. The first-order valence-electron chi connectivity index (χ1n) is 11.0. The summed E-state index contributed by atoms with van der Waals surface area (Å²) in [6.45, 7) is 5.14. The average molecular weight is 488 g/mol. The zero-order valence-corrected chi connectivity index (χ0v) is 20.3. The van der Waals surface area contributed by atoms with Crippen molar-refractivity contribution >= 4 is 40.3 Å². The molecule has 1 saturated heterocycles. The van der Waals surface area contributed by atoms with Crippen molar-refractivity contribution in [3.63, 3.8) is 0 Å². The molecule has 0 aromatic heterocycles. The van der Waals surface area contributed by atoms with Crippen LogP contribution < -0.4 is 9.47 Å². The van der Waals surface area contributed by atoms with Gasteiger partial charge in [-0.1, -0.05) is 90.7 Å². The van der Waals surface area contributed by atoms with Gasteiger partial charge >= 0.3 is 0 Å². The molecule has 0 bridgehead atoms. The predicted octanol–water partition coefficient (Wildman–Crippen LogP) is 6.27. The van der Waals surface area contributed by atoms with Gasteiger partial charge in [-0.25, -0.2) is 0 Å². The number of rotatable bonds is 10. The maximum absolute atomic E-state index is 12.9. The minimum Gasteiger partial charge on any atom is -0.490 e. The number of benzene rings is 3. The summed E-state index contributed by atoms with van der Waals surface area (Å²) >= 11 is 6.77. The third kappa shape index (κ3) is 6.16. The van der Waals surface area contributed by atoms with Gasteiger partial charge in [-0.3, -0.25) is 9.69 Å². The fourth-order valence-corrected chi connectivity index (χ4v) is 4.75. The number of hydrogen-bond acceptors (Lipinski definition) is 5. The van der Waals surface area contributed by atoms with E-state index in [4.69, 9.17) is 21.7 Å². The summed E-state index contributed by atoms with van der Waals surface area (Å²) in [6, 6.07) is 25.4. The summed E-state index contributed by atoms with van der Waals surface area (Å²) in [5, 5.41) is 0. The van der Waals surface area contributed by atoms with Gasteiger partial charge in [-0.2, -0.15) is 0 Å². The summed E-state index contributed by atoms with van der Waals surface area (Å²) in [6.07, 6.45) is 4.50. The fourth-order valence-electron chi connectivity index (χ4n) is 3.49. The van der Waals surface area contributed by atoms with Crippen LogP contribution >= 0.6 is 24.0 Å². The number of thiocarbonyl (C=S) groups is 1. The van der Waals surface area contributed by atoms with E-state index in [0.29, 0.717) is 29.0 Å². The Bertz CT molecular complexity index is 1190. The molecule has 0 saturated carbocycles. The van der Waals surface area contributed by atoms with E-state index in [9.17, 15) is 4.79 Å². The van der Waals surface area contributed by atoms with Gasteiger partial charge in [0, 0.05) is 0 Å². The first kappa shape index (κ1) is 23.8. The number of allylic oxidation sites excluding steroid dienone is 1. The van der Waals surface area contributed by atoms with Gasteiger partial charge in [0.05, 0.1) is 11.4 Å². The van der Waals surface area contributed by atoms with Crippen LogP contribution in [0.15, 0.2) is 96.4 Å². The summed E-state index contributed by atoms with van der Waals surface area (Å²) in [5.74, 6) is 1.54. The number of ether oxygens (including phenoxy) is 2. The molecule has 34 heavy (non-hydrogen) atoms. The lowest BCUT2D eigenvalue weighted by Gasteiger charge is -2.14. The SMILES string of the molecule is C=CCc1ccccc1OCCOc1ccc(/C=C2\SC(=S)N(Cc3ccccc3)C2=O)cc1. The molecule has 0 spiro atoms. The van der Waals surface area contributed by atoms with Crippen molar-refractivity contribution in [3.8, 4) is 11.5 Å². The van der Waals surface area contributed by atoms with Gasteiger partial charge in [0.25, 0.3) is 5.91 Å². The lowest BCUT2D eigenvalue weighted by molar-refractivity contribution is -0.122. The lowest BCUT2D eigenvalue weighted by Crippen LogP contribution is -2.27. The van der Waals surface area contributed by atoms with Gasteiger partial charge in [-0.15, -0.1) is 6.58 Å². The van der Waals surface area contributed by atoms with Crippen molar-refractivity contribution in [2.45, 2.75) is 13.0 Å². The van der Waals surface area contributed by atoms with Crippen molar-refractivity contribution in [1.29, 1.82) is 0 Å². The van der Waals surface area contributed by atoms with Gasteiger partial charge in [0.2, 0.25) is 0 Å². The summed E-state index contributed by atoms with van der Waals surface area (Å²) in [7, 11) is 0. The molecule has 1 fully saturated rings. The van der Waals surface area contributed by atoms with Crippen molar-refractivity contribution < 1.29 is 14.3 Å². The van der Waals surface area contributed by atoms with E-state index in [-0.39, 0.29) is 5.91 Å². The summed E-state index contributed by atoms with van der Waals surface area (Å²) in [4.78, 5) is 15.1. The van der Waals surface area contributed by atoms with Gasteiger partial charge < -0.3 is 9.47 Å². The van der Waals surface area contributed by atoms with E-state index < -0.39 is 0 Å². The molecule has 4 rings (SSSR count). The second-order valence-electron chi connectivity index (χ2n) is 7.62.